The molecule has 1 fully saturated rings. The molecule has 16 heavy (non-hydrogen) atoms. The quantitative estimate of drug-likeness (QED) is 0.489. The van der Waals surface area contributed by atoms with E-state index < -0.39 is 6.10 Å². The molecular formula is C10H19NO3S2. The maximum Gasteiger partial charge on any atom is 0.249 e. The second kappa shape index (κ2) is 8.22. The van der Waals surface area contributed by atoms with Crippen LogP contribution in [0.1, 0.15) is 25.7 Å². The van der Waals surface area contributed by atoms with Crippen LogP contribution in [0.3, 0.4) is 0 Å². The molecule has 3 N–H and O–H groups in total. The summed E-state index contributed by atoms with van der Waals surface area (Å²) in [6.07, 6.45) is 1.81. The molecule has 94 valence electrons. The zero-order chi connectivity index (χ0) is 11.8. The fraction of sp³-hybridized carbons (Fsp3) is 0.900. The lowest BCUT2D eigenvalue weighted by Gasteiger charge is -2.23. The lowest BCUT2D eigenvalue weighted by molar-refractivity contribution is -0.130. The first-order valence-corrected chi connectivity index (χ1v) is 8.06. The number of carbonyl (C=O) groups excluding carboxylic acids is 1. The largest absolute Gasteiger partial charge is 0.396 e. The highest BCUT2D eigenvalue weighted by Gasteiger charge is 2.20. The van der Waals surface area contributed by atoms with Crippen LogP contribution in [0.15, 0.2) is 0 Å². The van der Waals surface area contributed by atoms with E-state index in [-0.39, 0.29) is 18.6 Å². The second-order valence-corrected chi connectivity index (χ2v) is 6.46. The summed E-state index contributed by atoms with van der Waals surface area (Å²) < 4.78 is 0. The van der Waals surface area contributed by atoms with Gasteiger partial charge in [0.25, 0.3) is 0 Å². The molecule has 0 aliphatic carbocycles. The van der Waals surface area contributed by atoms with Gasteiger partial charge >= 0.3 is 0 Å². The van der Waals surface area contributed by atoms with Crippen LogP contribution in [-0.2, 0) is 4.79 Å². The van der Waals surface area contributed by atoms with Crippen molar-refractivity contribution in [3.05, 3.63) is 0 Å². The van der Waals surface area contributed by atoms with Gasteiger partial charge in [-0.15, -0.1) is 0 Å². The van der Waals surface area contributed by atoms with Crippen LogP contribution < -0.4 is 5.32 Å². The van der Waals surface area contributed by atoms with Gasteiger partial charge in [-0.2, -0.15) is 0 Å². The maximum absolute atomic E-state index is 11.6. The number of hydrogen-bond donors (Lipinski definition) is 3. The third kappa shape index (κ3) is 5.43. The molecule has 0 aromatic carbocycles. The smallest absolute Gasteiger partial charge is 0.249 e. The van der Waals surface area contributed by atoms with Crippen LogP contribution in [0.5, 0.6) is 0 Å². The predicted molar refractivity (Wildman–Crippen MR) is 68.4 cm³/mol. The number of carbonyl (C=O) groups is 1. The Kier molecular flexibility index (Phi) is 7.27. The lowest BCUT2D eigenvalue weighted by atomic mass is 10.1. The Hall–Kier alpha value is 0.0900. The Morgan fingerprint density at radius 1 is 1.44 bits per heavy atom. The SMILES string of the molecule is O=C(NC1CCSSC1)C(O)CCCCO. The van der Waals surface area contributed by atoms with Gasteiger partial charge in [-0.05, 0) is 25.7 Å². The third-order valence-corrected chi connectivity index (χ3v) is 4.95. The Balaban J connectivity index is 2.16. The molecule has 2 unspecified atom stereocenters. The highest BCUT2D eigenvalue weighted by atomic mass is 33.1. The standard InChI is InChI=1S/C10H19NO3S2/c12-5-2-1-3-9(13)10(14)11-8-4-6-15-16-7-8/h8-9,12-13H,1-7H2,(H,11,14). The van der Waals surface area contributed by atoms with E-state index in [1.165, 1.54) is 0 Å². The normalized spacial score (nSPS) is 22.8. The zero-order valence-electron chi connectivity index (χ0n) is 9.22. The maximum atomic E-state index is 11.6. The molecule has 1 aliphatic heterocycles. The van der Waals surface area contributed by atoms with E-state index in [0.29, 0.717) is 19.3 Å². The zero-order valence-corrected chi connectivity index (χ0v) is 10.9. The van der Waals surface area contributed by atoms with Crippen LogP contribution in [0.4, 0.5) is 0 Å². The summed E-state index contributed by atoms with van der Waals surface area (Å²) in [6.45, 7) is 0.116. The molecule has 0 radical (unpaired) electrons. The van der Waals surface area contributed by atoms with Gasteiger partial charge in [-0.25, -0.2) is 0 Å². The molecule has 2 atom stereocenters. The summed E-state index contributed by atoms with van der Waals surface area (Å²) in [7, 11) is 3.59. The van der Waals surface area contributed by atoms with E-state index >= 15 is 0 Å². The van der Waals surface area contributed by atoms with Crippen molar-refractivity contribution in [3.63, 3.8) is 0 Å². The molecule has 0 saturated carbocycles. The van der Waals surface area contributed by atoms with E-state index in [9.17, 15) is 9.90 Å². The van der Waals surface area contributed by atoms with E-state index in [1.807, 2.05) is 10.8 Å². The molecule has 1 heterocycles. The molecule has 0 aromatic rings. The van der Waals surface area contributed by atoms with Gasteiger partial charge in [0, 0.05) is 24.2 Å². The number of amides is 1. The van der Waals surface area contributed by atoms with Gasteiger partial charge in [0.2, 0.25) is 5.91 Å². The minimum absolute atomic E-state index is 0.116. The van der Waals surface area contributed by atoms with Crippen LogP contribution >= 0.6 is 21.6 Å². The first kappa shape index (κ1) is 14.2. The molecule has 1 rings (SSSR count). The Morgan fingerprint density at radius 2 is 2.25 bits per heavy atom. The van der Waals surface area contributed by atoms with E-state index in [1.54, 1.807) is 10.8 Å². The lowest BCUT2D eigenvalue weighted by Crippen LogP contribution is -2.43. The minimum atomic E-state index is -0.925. The molecule has 1 aliphatic rings. The topological polar surface area (TPSA) is 69.6 Å². The molecular weight excluding hydrogens is 246 g/mol. The summed E-state index contributed by atoms with van der Waals surface area (Å²) >= 11 is 0. The van der Waals surface area contributed by atoms with Crippen LogP contribution in [0.25, 0.3) is 0 Å². The Bertz CT molecular complexity index is 210. The van der Waals surface area contributed by atoms with Crippen molar-refractivity contribution >= 4 is 27.5 Å². The summed E-state index contributed by atoms with van der Waals surface area (Å²) in [5, 5.41) is 21.0. The monoisotopic (exact) mass is 265 g/mol. The van der Waals surface area contributed by atoms with Gasteiger partial charge in [-0.3, -0.25) is 4.79 Å². The third-order valence-electron chi connectivity index (χ3n) is 2.44. The van der Waals surface area contributed by atoms with Crippen LogP contribution in [-0.4, -0.2) is 46.4 Å². The predicted octanol–water partition coefficient (Wildman–Crippen LogP) is 0.780. The van der Waals surface area contributed by atoms with Gasteiger partial charge < -0.3 is 15.5 Å². The molecule has 0 bridgehead atoms. The van der Waals surface area contributed by atoms with Crippen LogP contribution in [0.2, 0.25) is 0 Å². The van der Waals surface area contributed by atoms with Crippen molar-refractivity contribution in [1.29, 1.82) is 0 Å². The number of hydrogen-bond acceptors (Lipinski definition) is 5. The van der Waals surface area contributed by atoms with Gasteiger partial charge in [0.05, 0.1) is 0 Å². The molecule has 1 amide bonds. The van der Waals surface area contributed by atoms with Crippen molar-refractivity contribution in [2.24, 2.45) is 0 Å². The van der Waals surface area contributed by atoms with Crippen molar-refractivity contribution in [1.82, 2.24) is 5.32 Å². The van der Waals surface area contributed by atoms with E-state index in [2.05, 4.69) is 5.32 Å². The average molecular weight is 265 g/mol. The van der Waals surface area contributed by atoms with Crippen molar-refractivity contribution in [3.8, 4) is 0 Å². The Labute approximate surface area is 104 Å². The van der Waals surface area contributed by atoms with E-state index in [0.717, 1.165) is 17.9 Å². The molecule has 4 nitrogen and oxygen atoms in total. The number of rotatable bonds is 6. The average Bonchev–Trinajstić information content (AvgIpc) is 2.30. The summed E-state index contributed by atoms with van der Waals surface area (Å²) in [5.74, 6) is 1.70. The van der Waals surface area contributed by atoms with Gasteiger partial charge in [-0.1, -0.05) is 21.6 Å². The highest BCUT2D eigenvalue weighted by molar-refractivity contribution is 8.76. The summed E-state index contributed by atoms with van der Waals surface area (Å²) in [6, 6.07) is 0.200. The minimum Gasteiger partial charge on any atom is -0.396 e. The molecule has 0 aromatic heterocycles. The second-order valence-electron chi connectivity index (χ2n) is 3.84. The summed E-state index contributed by atoms with van der Waals surface area (Å²) in [4.78, 5) is 11.6. The number of aliphatic hydroxyl groups is 2. The van der Waals surface area contributed by atoms with Crippen molar-refractivity contribution in [2.45, 2.75) is 37.8 Å². The molecule has 0 spiro atoms. The fourth-order valence-electron chi connectivity index (χ4n) is 1.45. The number of nitrogens with one attached hydrogen (secondary N) is 1. The highest BCUT2D eigenvalue weighted by Crippen LogP contribution is 2.29. The molecule has 6 heteroatoms. The number of unbranched alkanes of at least 4 members (excludes halogenated alkanes) is 1. The van der Waals surface area contributed by atoms with Crippen molar-refractivity contribution < 1.29 is 15.0 Å². The number of aliphatic hydroxyl groups excluding tert-OH is 2. The Morgan fingerprint density at radius 3 is 2.88 bits per heavy atom. The van der Waals surface area contributed by atoms with Crippen molar-refractivity contribution in [2.75, 3.05) is 18.1 Å². The first-order chi connectivity index (χ1) is 7.74. The van der Waals surface area contributed by atoms with E-state index in [4.69, 9.17) is 5.11 Å². The molecule has 1 saturated heterocycles. The van der Waals surface area contributed by atoms with Crippen LogP contribution in [0, 0.1) is 0 Å². The first-order valence-electron chi connectivity index (χ1n) is 5.57. The fourth-order valence-corrected chi connectivity index (χ4v) is 3.89. The summed E-state index contributed by atoms with van der Waals surface area (Å²) in [5.41, 5.74) is 0. The van der Waals surface area contributed by atoms with Gasteiger partial charge in [0.1, 0.15) is 6.10 Å². The van der Waals surface area contributed by atoms with Gasteiger partial charge in [0.15, 0.2) is 0 Å².